The Morgan fingerprint density at radius 3 is 2.50 bits per heavy atom. The number of benzene rings is 1. The maximum absolute atomic E-state index is 12.9. The second kappa shape index (κ2) is 4.83. The number of nitrogens with zero attached hydrogens (tertiary/aromatic N) is 1. The van der Waals surface area contributed by atoms with Crippen molar-refractivity contribution < 1.29 is 14.3 Å². The van der Waals surface area contributed by atoms with Crippen LogP contribution in [0.4, 0.5) is 10.2 Å². The number of carboxylic acids is 1. The number of pyridine rings is 1. The fourth-order valence-corrected chi connectivity index (χ4v) is 1.74. The summed E-state index contributed by atoms with van der Waals surface area (Å²) in [4.78, 5) is 15.2. The van der Waals surface area contributed by atoms with Crippen LogP contribution in [-0.2, 0) is 0 Å². The highest BCUT2D eigenvalue weighted by atomic mass is 19.1. The van der Waals surface area contributed by atoms with Crippen LogP contribution in [0.5, 0.6) is 0 Å². The van der Waals surface area contributed by atoms with Crippen molar-refractivity contribution in [2.75, 3.05) is 12.4 Å². The summed E-state index contributed by atoms with van der Waals surface area (Å²) in [5.41, 5.74) is 1.21. The topological polar surface area (TPSA) is 62.2 Å². The van der Waals surface area contributed by atoms with Crippen molar-refractivity contribution in [2.45, 2.75) is 0 Å². The van der Waals surface area contributed by atoms with Crippen LogP contribution in [0.3, 0.4) is 0 Å². The van der Waals surface area contributed by atoms with Gasteiger partial charge < -0.3 is 10.4 Å². The van der Waals surface area contributed by atoms with Gasteiger partial charge in [0, 0.05) is 18.8 Å². The molecule has 4 nitrogen and oxygen atoms in total. The standard InChI is InChI=1S/C13H11FN2O2/c1-15-12-11(13(17)18)10(6-7-16-12)8-2-4-9(14)5-3-8/h2-7H,1H3,(H,15,16)(H,17,18). The number of anilines is 1. The molecule has 0 saturated carbocycles. The fraction of sp³-hybridized carbons (Fsp3) is 0.0769. The lowest BCUT2D eigenvalue weighted by molar-refractivity contribution is 0.0698. The second-order valence-electron chi connectivity index (χ2n) is 3.64. The van der Waals surface area contributed by atoms with Crippen LogP contribution in [0.1, 0.15) is 10.4 Å². The molecule has 0 unspecified atom stereocenters. The molecule has 1 heterocycles. The first-order chi connectivity index (χ1) is 8.63. The van der Waals surface area contributed by atoms with Crippen molar-refractivity contribution in [1.29, 1.82) is 0 Å². The molecule has 2 N–H and O–H groups in total. The molecular weight excluding hydrogens is 235 g/mol. The quantitative estimate of drug-likeness (QED) is 0.873. The van der Waals surface area contributed by atoms with Gasteiger partial charge in [0.05, 0.1) is 0 Å². The molecule has 2 rings (SSSR count). The van der Waals surface area contributed by atoms with E-state index in [0.29, 0.717) is 11.1 Å². The fourth-order valence-electron chi connectivity index (χ4n) is 1.74. The van der Waals surface area contributed by atoms with Gasteiger partial charge in [-0.05, 0) is 23.8 Å². The highest BCUT2D eigenvalue weighted by Crippen LogP contribution is 2.27. The molecule has 0 fully saturated rings. The third kappa shape index (κ3) is 2.15. The SMILES string of the molecule is CNc1nccc(-c2ccc(F)cc2)c1C(=O)O. The van der Waals surface area contributed by atoms with Crippen LogP contribution in [0.2, 0.25) is 0 Å². The van der Waals surface area contributed by atoms with Crippen LogP contribution in [0.25, 0.3) is 11.1 Å². The molecule has 0 aliphatic rings. The van der Waals surface area contributed by atoms with E-state index in [2.05, 4.69) is 10.3 Å². The molecule has 2 aromatic rings. The van der Waals surface area contributed by atoms with Crippen LogP contribution in [0.15, 0.2) is 36.5 Å². The summed E-state index contributed by atoms with van der Waals surface area (Å²) in [6.07, 6.45) is 1.51. The monoisotopic (exact) mass is 246 g/mol. The van der Waals surface area contributed by atoms with Gasteiger partial charge in [-0.3, -0.25) is 0 Å². The largest absolute Gasteiger partial charge is 0.478 e. The van der Waals surface area contributed by atoms with Crippen molar-refractivity contribution >= 4 is 11.8 Å². The lowest BCUT2D eigenvalue weighted by Gasteiger charge is -2.10. The van der Waals surface area contributed by atoms with Gasteiger partial charge in [0.25, 0.3) is 0 Å². The van der Waals surface area contributed by atoms with E-state index in [4.69, 9.17) is 0 Å². The average Bonchev–Trinajstić information content (AvgIpc) is 2.38. The van der Waals surface area contributed by atoms with Crippen LogP contribution < -0.4 is 5.32 Å². The molecule has 92 valence electrons. The number of hydrogen-bond acceptors (Lipinski definition) is 3. The van der Waals surface area contributed by atoms with E-state index < -0.39 is 5.97 Å². The molecular formula is C13H11FN2O2. The molecule has 0 aliphatic heterocycles. The summed E-state index contributed by atoms with van der Waals surface area (Å²) in [6.45, 7) is 0. The number of halogens is 1. The van der Waals surface area contributed by atoms with Gasteiger partial charge in [0.1, 0.15) is 17.2 Å². The molecule has 0 aliphatic carbocycles. The van der Waals surface area contributed by atoms with E-state index in [1.807, 2.05) is 0 Å². The smallest absolute Gasteiger partial charge is 0.340 e. The second-order valence-corrected chi connectivity index (χ2v) is 3.64. The van der Waals surface area contributed by atoms with E-state index in [-0.39, 0.29) is 17.2 Å². The summed E-state index contributed by atoms with van der Waals surface area (Å²) < 4.78 is 12.9. The molecule has 0 atom stereocenters. The minimum absolute atomic E-state index is 0.0756. The first kappa shape index (κ1) is 12.0. The van der Waals surface area contributed by atoms with Crippen molar-refractivity contribution in [1.82, 2.24) is 4.98 Å². The third-order valence-electron chi connectivity index (χ3n) is 2.56. The van der Waals surface area contributed by atoms with Crippen molar-refractivity contribution in [3.05, 3.63) is 47.9 Å². The van der Waals surface area contributed by atoms with Gasteiger partial charge in [-0.1, -0.05) is 12.1 Å². The van der Waals surface area contributed by atoms with Crippen molar-refractivity contribution in [3.63, 3.8) is 0 Å². The molecule has 0 amide bonds. The van der Waals surface area contributed by atoms with E-state index in [9.17, 15) is 14.3 Å². The summed E-state index contributed by atoms with van der Waals surface area (Å²) in [5.74, 6) is -1.16. The maximum Gasteiger partial charge on any atom is 0.340 e. The lowest BCUT2D eigenvalue weighted by atomic mass is 10.0. The van der Waals surface area contributed by atoms with E-state index >= 15 is 0 Å². The van der Waals surface area contributed by atoms with Crippen LogP contribution >= 0.6 is 0 Å². The van der Waals surface area contributed by atoms with Gasteiger partial charge in [-0.15, -0.1) is 0 Å². The molecule has 0 spiro atoms. The van der Waals surface area contributed by atoms with Gasteiger partial charge >= 0.3 is 5.97 Å². The predicted molar refractivity (Wildman–Crippen MR) is 66.1 cm³/mol. The number of carbonyl (C=O) groups is 1. The lowest BCUT2D eigenvalue weighted by Crippen LogP contribution is -2.06. The van der Waals surface area contributed by atoms with Crippen LogP contribution in [-0.4, -0.2) is 23.1 Å². The zero-order valence-corrected chi connectivity index (χ0v) is 9.64. The van der Waals surface area contributed by atoms with Crippen molar-refractivity contribution in [3.8, 4) is 11.1 Å². The molecule has 1 aromatic carbocycles. The Hall–Kier alpha value is -2.43. The van der Waals surface area contributed by atoms with Gasteiger partial charge in [0.15, 0.2) is 0 Å². The Kier molecular flexibility index (Phi) is 3.23. The van der Waals surface area contributed by atoms with Crippen LogP contribution in [0, 0.1) is 5.82 Å². The Morgan fingerprint density at radius 1 is 1.28 bits per heavy atom. The normalized spacial score (nSPS) is 10.1. The molecule has 0 radical (unpaired) electrons. The molecule has 0 bridgehead atoms. The third-order valence-corrected chi connectivity index (χ3v) is 2.56. The Bertz CT molecular complexity index is 582. The number of rotatable bonds is 3. The molecule has 5 heteroatoms. The summed E-state index contributed by atoms with van der Waals surface area (Å²) >= 11 is 0. The highest BCUT2D eigenvalue weighted by molar-refractivity contribution is 6.00. The first-order valence-corrected chi connectivity index (χ1v) is 5.29. The Labute approximate surface area is 103 Å². The van der Waals surface area contributed by atoms with E-state index in [1.165, 1.54) is 30.5 Å². The number of aromatic nitrogens is 1. The number of nitrogens with one attached hydrogen (secondary N) is 1. The minimum atomic E-state index is -1.08. The van der Waals surface area contributed by atoms with E-state index in [0.717, 1.165) is 0 Å². The van der Waals surface area contributed by atoms with E-state index in [1.54, 1.807) is 13.1 Å². The number of hydrogen-bond donors (Lipinski definition) is 2. The summed E-state index contributed by atoms with van der Waals surface area (Å²) in [6, 6.07) is 7.26. The first-order valence-electron chi connectivity index (χ1n) is 5.29. The zero-order chi connectivity index (χ0) is 13.1. The highest BCUT2D eigenvalue weighted by Gasteiger charge is 2.17. The molecule has 1 aromatic heterocycles. The Balaban J connectivity index is 2.63. The minimum Gasteiger partial charge on any atom is -0.478 e. The molecule has 0 saturated heterocycles. The number of carboxylic acid groups (broad SMARTS) is 1. The zero-order valence-electron chi connectivity index (χ0n) is 9.64. The number of aromatic carboxylic acids is 1. The van der Waals surface area contributed by atoms with Gasteiger partial charge in [0.2, 0.25) is 0 Å². The average molecular weight is 246 g/mol. The predicted octanol–water partition coefficient (Wildman–Crippen LogP) is 2.63. The van der Waals surface area contributed by atoms with Gasteiger partial charge in [-0.25, -0.2) is 14.2 Å². The maximum atomic E-state index is 12.9. The molecule has 18 heavy (non-hydrogen) atoms. The van der Waals surface area contributed by atoms with Gasteiger partial charge in [-0.2, -0.15) is 0 Å². The summed E-state index contributed by atoms with van der Waals surface area (Å²) in [7, 11) is 1.60. The Morgan fingerprint density at radius 2 is 1.94 bits per heavy atom. The van der Waals surface area contributed by atoms with Crippen molar-refractivity contribution in [2.24, 2.45) is 0 Å². The summed E-state index contributed by atoms with van der Waals surface area (Å²) in [5, 5.41) is 12.0.